The molecule has 2 bridgehead atoms. The highest BCUT2D eigenvalue weighted by Crippen LogP contribution is 2.63. The fourth-order valence-corrected chi connectivity index (χ4v) is 6.20. The van der Waals surface area contributed by atoms with Crippen molar-refractivity contribution in [1.29, 1.82) is 0 Å². The number of aliphatic hydroxyl groups excluding tert-OH is 1. The van der Waals surface area contributed by atoms with E-state index in [1.54, 1.807) is 19.1 Å². The number of nitrogens with one attached hydrogen (secondary N) is 1. The van der Waals surface area contributed by atoms with Crippen LogP contribution in [-0.2, 0) is 23.9 Å². The minimum Gasteiger partial charge on any atom is -0.466 e. The first-order chi connectivity index (χ1) is 15.7. The van der Waals surface area contributed by atoms with Crippen molar-refractivity contribution < 1.29 is 29.0 Å². The van der Waals surface area contributed by atoms with Crippen molar-refractivity contribution in [3.8, 4) is 0 Å². The molecule has 3 aliphatic rings. The molecule has 3 heterocycles. The molecule has 3 saturated heterocycles. The summed E-state index contributed by atoms with van der Waals surface area (Å²) in [7, 11) is 0. The minimum atomic E-state index is -1.11. The lowest BCUT2D eigenvalue weighted by Gasteiger charge is -2.33. The standard InChI is InChI=1S/C24H31ClN2O6/c1-4-32-22(31)17-16-21(30)27(12-5-6-13-28)19(24(16)11-10-23(17,3)33-24)20(29)26-18-14(2)8-7-9-15(18)25/h7-9,16-17,19,28H,4-6,10-13H2,1-3H3,(H,26,29)/t16-,17-,19?,23+,24?/m0/s1. The highest BCUT2D eigenvalue weighted by Gasteiger charge is 2.78. The Kier molecular flexibility index (Phi) is 6.46. The number of aryl methyl sites for hydroxylation is 1. The smallest absolute Gasteiger partial charge is 0.312 e. The van der Waals surface area contributed by atoms with E-state index in [2.05, 4.69) is 5.32 Å². The topological polar surface area (TPSA) is 105 Å². The molecule has 0 aromatic heterocycles. The number of fused-ring (bicyclic) bond motifs is 1. The monoisotopic (exact) mass is 478 g/mol. The van der Waals surface area contributed by atoms with E-state index in [4.69, 9.17) is 21.1 Å². The van der Waals surface area contributed by atoms with Crippen LogP contribution >= 0.6 is 11.6 Å². The van der Waals surface area contributed by atoms with E-state index in [0.717, 1.165) is 5.56 Å². The number of anilines is 1. The van der Waals surface area contributed by atoms with Crippen molar-refractivity contribution in [3.05, 3.63) is 28.8 Å². The van der Waals surface area contributed by atoms with Crippen LogP contribution in [0, 0.1) is 18.8 Å². The Hall–Kier alpha value is -2.16. The van der Waals surface area contributed by atoms with E-state index in [-0.39, 0.29) is 31.6 Å². The summed E-state index contributed by atoms with van der Waals surface area (Å²) in [5.74, 6) is -2.67. The highest BCUT2D eigenvalue weighted by molar-refractivity contribution is 6.34. The van der Waals surface area contributed by atoms with Gasteiger partial charge in [-0.25, -0.2) is 0 Å². The summed E-state index contributed by atoms with van der Waals surface area (Å²) in [6.07, 6.45) is 2.08. The molecule has 3 fully saturated rings. The molecule has 33 heavy (non-hydrogen) atoms. The van der Waals surface area contributed by atoms with Crippen LogP contribution in [0.15, 0.2) is 18.2 Å². The number of rotatable bonds is 8. The molecular weight excluding hydrogens is 448 g/mol. The van der Waals surface area contributed by atoms with Crippen LogP contribution in [0.1, 0.15) is 45.1 Å². The zero-order chi connectivity index (χ0) is 24.0. The van der Waals surface area contributed by atoms with E-state index in [0.29, 0.717) is 36.4 Å². The summed E-state index contributed by atoms with van der Waals surface area (Å²) in [4.78, 5) is 41.9. The Bertz CT molecular complexity index is 950. The molecule has 9 heteroatoms. The first-order valence-electron chi connectivity index (χ1n) is 11.5. The number of nitrogens with zero attached hydrogens (tertiary/aromatic N) is 1. The fraction of sp³-hybridized carbons (Fsp3) is 0.625. The van der Waals surface area contributed by atoms with Gasteiger partial charge in [-0.3, -0.25) is 14.4 Å². The summed E-state index contributed by atoms with van der Waals surface area (Å²) in [5.41, 5.74) is -0.675. The van der Waals surface area contributed by atoms with Gasteiger partial charge in [-0.1, -0.05) is 23.7 Å². The van der Waals surface area contributed by atoms with Gasteiger partial charge in [0, 0.05) is 13.2 Å². The average Bonchev–Trinajstić information content (AvgIpc) is 3.32. The van der Waals surface area contributed by atoms with Gasteiger partial charge in [0.05, 0.1) is 28.8 Å². The summed E-state index contributed by atoms with van der Waals surface area (Å²) >= 11 is 6.34. The lowest BCUT2D eigenvalue weighted by Crippen LogP contribution is -2.53. The Labute approximate surface area is 198 Å². The second-order valence-corrected chi connectivity index (χ2v) is 9.77. The lowest BCUT2D eigenvalue weighted by atomic mass is 9.66. The number of esters is 1. The van der Waals surface area contributed by atoms with E-state index in [1.807, 2.05) is 19.9 Å². The maximum atomic E-state index is 13.7. The van der Waals surface area contributed by atoms with Crippen LogP contribution in [0.4, 0.5) is 5.69 Å². The molecule has 8 nitrogen and oxygen atoms in total. The minimum absolute atomic E-state index is 0.00763. The van der Waals surface area contributed by atoms with Gasteiger partial charge in [0.1, 0.15) is 17.6 Å². The molecule has 0 aliphatic carbocycles. The highest BCUT2D eigenvalue weighted by atomic mass is 35.5. The molecule has 0 radical (unpaired) electrons. The van der Waals surface area contributed by atoms with E-state index >= 15 is 0 Å². The third-order valence-corrected chi connectivity index (χ3v) is 7.66. The van der Waals surface area contributed by atoms with Gasteiger partial charge in [0.15, 0.2) is 0 Å². The van der Waals surface area contributed by atoms with Gasteiger partial charge < -0.3 is 24.8 Å². The summed E-state index contributed by atoms with van der Waals surface area (Å²) in [6, 6.07) is 4.43. The molecule has 2 unspecified atom stereocenters. The fourth-order valence-electron chi connectivity index (χ4n) is 5.93. The molecule has 4 rings (SSSR count). The van der Waals surface area contributed by atoms with Gasteiger partial charge in [0.2, 0.25) is 11.8 Å². The zero-order valence-electron chi connectivity index (χ0n) is 19.2. The molecule has 1 aromatic carbocycles. The third kappa shape index (κ3) is 3.72. The number of ether oxygens (including phenoxy) is 2. The number of carbonyl (C=O) groups is 3. The van der Waals surface area contributed by atoms with E-state index < -0.39 is 35.0 Å². The van der Waals surface area contributed by atoms with E-state index in [1.165, 1.54) is 4.90 Å². The zero-order valence-corrected chi connectivity index (χ0v) is 20.0. The van der Waals surface area contributed by atoms with Crippen LogP contribution in [-0.4, -0.2) is 64.8 Å². The lowest BCUT2D eigenvalue weighted by molar-refractivity contribution is -0.158. The van der Waals surface area contributed by atoms with E-state index in [9.17, 15) is 19.5 Å². The number of para-hydroxylation sites is 1. The van der Waals surface area contributed by atoms with Crippen molar-refractivity contribution in [2.45, 2.75) is 63.7 Å². The number of carbonyl (C=O) groups excluding carboxylic acids is 3. The van der Waals surface area contributed by atoms with Crippen molar-refractivity contribution in [3.63, 3.8) is 0 Å². The summed E-state index contributed by atoms with van der Waals surface area (Å²) in [6.45, 7) is 5.88. The maximum absolute atomic E-state index is 13.7. The Morgan fingerprint density at radius 3 is 2.76 bits per heavy atom. The number of amides is 2. The van der Waals surface area contributed by atoms with Crippen LogP contribution in [0.2, 0.25) is 5.02 Å². The molecule has 180 valence electrons. The number of hydrogen-bond acceptors (Lipinski definition) is 6. The number of aliphatic hydroxyl groups is 1. The molecule has 1 spiro atoms. The van der Waals surface area contributed by atoms with Gasteiger partial charge in [0.25, 0.3) is 0 Å². The molecule has 2 amide bonds. The Balaban J connectivity index is 1.73. The number of hydrogen-bond donors (Lipinski definition) is 2. The largest absolute Gasteiger partial charge is 0.466 e. The molecule has 1 aromatic rings. The number of unbranched alkanes of at least 4 members (excludes halogenated alkanes) is 1. The normalized spacial score (nSPS) is 32.2. The number of halogens is 1. The summed E-state index contributed by atoms with van der Waals surface area (Å²) in [5, 5.41) is 12.6. The molecule has 5 atom stereocenters. The van der Waals surface area contributed by atoms with Gasteiger partial charge in [-0.2, -0.15) is 0 Å². The van der Waals surface area contributed by atoms with Gasteiger partial charge in [-0.15, -0.1) is 0 Å². The Morgan fingerprint density at radius 2 is 2.09 bits per heavy atom. The SMILES string of the molecule is CCOC(=O)[C@@H]1[C@H]2C(=O)N(CCCCO)C(C(=O)Nc3c(C)cccc3Cl)C23CC[C@@]1(C)O3. The van der Waals surface area contributed by atoms with Crippen molar-refractivity contribution in [2.75, 3.05) is 25.1 Å². The molecule has 0 saturated carbocycles. The molecule has 2 N–H and O–H groups in total. The second kappa shape index (κ2) is 8.89. The first kappa shape index (κ1) is 24.0. The van der Waals surface area contributed by atoms with Gasteiger partial charge in [-0.05, 0) is 58.1 Å². The van der Waals surface area contributed by atoms with Crippen LogP contribution in [0.25, 0.3) is 0 Å². The number of benzene rings is 1. The predicted molar refractivity (Wildman–Crippen MR) is 122 cm³/mol. The average molecular weight is 479 g/mol. The van der Waals surface area contributed by atoms with Crippen LogP contribution in [0.3, 0.4) is 0 Å². The maximum Gasteiger partial charge on any atom is 0.312 e. The van der Waals surface area contributed by atoms with Crippen LogP contribution < -0.4 is 5.32 Å². The molecular formula is C24H31ClN2O6. The van der Waals surface area contributed by atoms with Crippen molar-refractivity contribution in [2.24, 2.45) is 11.8 Å². The Morgan fingerprint density at radius 1 is 1.33 bits per heavy atom. The number of likely N-dealkylation sites (tertiary alicyclic amines) is 1. The van der Waals surface area contributed by atoms with Crippen LogP contribution in [0.5, 0.6) is 0 Å². The first-order valence-corrected chi connectivity index (χ1v) is 11.9. The molecule has 3 aliphatic heterocycles. The van der Waals surface area contributed by atoms with Crippen molar-refractivity contribution >= 4 is 35.1 Å². The quantitative estimate of drug-likeness (QED) is 0.439. The second-order valence-electron chi connectivity index (χ2n) is 9.36. The van der Waals surface area contributed by atoms with Crippen molar-refractivity contribution in [1.82, 2.24) is 4.90 Å². The third-order valence-electron chi connectivity index (χ3n) is 7.34. The van der Waals surface area contributed by atoms with Gasteiger partial charge >= 0.3 is 5.97 Å². The predicted octanol–water partition coefficient (Wildman–Crippen LogP) is 2.69. The summed E-state index contributed by atoms with van der Waals surface area (Å²) < 4.78 is 11.8.